The standard InChI is InChI=1S/C18H24N4O2/c1-14-4-5-16(24-14)12-20-9-15(11-22-7-2-3-18(22)23)10-21-8-6-19-17(21)13-20/h4-6,8,15H,2-3,7,9-13H2,1H3/t15-/m0/s1. The van der Waals surface area contributed by atoms with Gasteiger partial charge in [-0.25, -0.2) is 4.98 Å². The molecule has 0 saturated carbocycles. The molecule has 6 nitrogen and oxygen atoms in total. The molecule has 1 atom stereocenters. The van der Waals surface area contributed by atoms with Crippen LogP contribution in [0.4, 0.5) is 0 Å². The predicted molar refractivity (Wildman–Crippen MR) is 89.1 cm³/mol. The van der Waals surface area contributed by atoms with Crippen molar-refractivity contribution in [1.82, 2.24) is 19.4 Å². The second kappa shape index (κ2) is 6.43. The summed E-state index contributed by atoms with van der Waals surface area (Å²) in [6.07, 6.45) is 5.62. The molecule has 0 spiro atoms. The maximum Gasteiger partial charge on any atom is 0.222 e. The highest BCUT2D eigenvalue weighted by atomic mass is 16.3. The Morgan fingerprint density at radius 1 is 1.33 bits per heavy atom. The number of likely N-dealkylation sites (tertiary alicyclic amines) is 1. The van der Waals surface area contributed by atoms with Gasteiger partial charge in [0.1, 0.15) is 17.3 Å². The van der Waals surface area contributed by atoms with E-state index in [-0.39, 0.29) is 0 Å². The number of amides is 1. The zero-order valence-corrected chi connectivity index (χ0v) is 14.1. The highest BCUT2D eigenvalue weighted by Crippen LogP contribution is 2.21. The molecule has 0 aromatic carbocycles. The summed E-state index contributed by atoms with van der Waals surface area (Å²) in [5.41, 5.74) is 0. The minimum absolute atomic E-state index is 0.304. The van der Waals surface area contributed by atoms with E-state index in [9.17, 15) is 4.79 Å². The Morgan fingerprint density at radius 3 is 3.00 bits per heavy atom. The molecule has 1 saturated heterocycles. The van der Waals surface area contributed by atoms with Crippen molar-refractivity contribution in [2.24, 2.45) is 5.92 Å². The molecule has 0 aliphatic carbocycles. The average molecular weight is 328 g/mol. The minimum atomic E-state index is 0.304. The first-order valence-corrected chi connectivity index (χ1v) is 8.73. The lowest BCUT2D eigenvalue weighted by atomic mass is 10.1. The van der Waals surface area contributed by atoms with Gasteiger partial charge in [-0.1, -0.05) is 0 Å². The molecule has 2 aromatic heterocycles. The molecule has 4 rings (SSSR count). The fourth-order valence-electron chi connectivity index (χ4n) is 3.86. The van der Waals surface area contributed by atoms with Gasteiger partial charge in [0.05, 0.1) is 13.1 Å². The number of fused-ring (bicyclic) bond motifs is 1. The van der Waals surface area contributed by atoms with Crippen LogP contribution in [0.2, 0.25) is 0 Å². The van der Waals surface area contributed by atoms with Crippen molar-refractivity contribution >= 4 is 5.91 Å². The number of furan rings is 1. The number of nitrogens with zero attached hydrogens (tertiary/aromatic N) is 4. The van der Waals surface area contributed by atoms with E-state index in [4.69, 9.17) is 4.42 Å². The van der Waals surface area contributed by atoms with Gasteiger partial charge in [-0.15, -0.1) is 0 Å². The van der Waals surface area contributed by atoms with Crippen LogP contribution in [-0.2, 0) is 24.4 Å². The summed E-state index contributed by atoms with van der Waals surface area (Å²) in [6.45, 7) is 7.19. The maximum absolute atomic E-state index is 12.0. The smallest absolute Gasteiger partial charge is 0.222 e. The molecular formula is C18H24N4O2. The molecule has 0 radical (unpaired) electrons. The second-order valence-corrected chi connectivity index (χ2v) is 6.99. The monoisotopic (exact) mass is 328 g/mol. The van der Waals surface area contributed by atoms with Crippen molar-refractivity contribution in [2.75, 3.05) is 19.6 Å². The van der Waals surface area contributed by atoms with Crippen molar-refractivity contribution in [3.05, 3.63) is 41.9 Å². The van der Waals surface area contributed by atoms with Crippen LogP contribution < -0.4 is 0 Å². The molecule has 1 fully saturated rings. The van der Waals surface area contributed by atoms with Gasteiger partial charge < -0.3 is 13.9 Å². The molecule has 0 N–H and O–H groups in total. The first-order valence-electron chi connectivity index (χ1n) is 8.73. The van der Waals surface area contributed by atoms with Gasteiger partial charge in [-0.2, -0.15) is 0 Å². The van der Waals surface area contributed by atoms with Gasteiger partial charge in [0.2, 0.25) is 5.91 Å². The van der Waals surface area contributed by atoms with E-state index in [1.807, 2.05) is 30.2 Å². The average Bonchev–Trinajstić information content (AvgIpc) is 3.22. The summed E-state index contributed by atoms with van der Waals surface area (Å²) in [6, 6.07) is 4.06. The molecule has 6 heteroatoms. The van der Waals surface area contributed by atoms with Gasteiger partial charge in [0.15, 0.2) is 0 Å². The van der Waals surface area contributed by atoms with E-state index in [1.54, 1.807) is 0 Å². The van der Waals surface area contributed by atoms with Gasteiger partial charge in [0.25, 0.3) is 0 Å². The van der Waals surface area contributed by atoms with Crippen LogP contribution >= 0.6 is 0 Å². The first-order chi connectivity index (χ1) is 11.7. The summed E-state index contributed by atoms with van der Waals surface area (Å²) < 4.78 is 7.98. The lowest BCUT2D eigenvalue weighted by Crippen LogP contribution is -2.37. The van der Waals surface area contributed by atoms with Crippen LogP contribution in [0, 0.1) is 12.8 Å². The largest absolute Gasteiger partial charge is 0.465 e. The highest BCUT2D eigenvalue weighted by Gasteiger charge is 2.28. The number of hydrogen-bond donors (Lipinski definition) is 0. The van der Waals surface area contributed by atoms with Gasteiger partial charge >= 0.3 is 0 Å². The van der Waals surface area contributed by atoms with Crippen LogP contribution in [0.5, 0.6) is 0 Å². The Balaban J connectivity index is 1.50. The Kier molecular flexibility index (Phi) is 4.14. The molecule has 1 amide bonds. The van der Waals surface area contributed by atoms with Crippen LogP contribution in [-0.4, -0.2) is 44.9 Å². The van der Waals surface area contributed by atoms with Crippen molar-refractivity contribution in [3.8, 4) is 0 Å². The van der Waals surface area contributed by atoms with E-state index in [1.165, 1.54) is 0 Å². The maximum atomic E-state index is 12.0. The quantitative estimate of drug-likeness (QED) is 0.862. The number of imidazole rings is 1. The van der Waals surface area contributed by atoms with Gasteiger partial charge in [-0.05, 0) is 25.5 Å². The predicted octanol–water partition coefficient (Wildman–Crippen LogP) is 2.04. The Morgan fingerprint density at radius 2 is 2.25 bits per heavy atom. The van der Waals surface area contributed by atoms with Gasteiger partial charge in [0, 0.05) is 50.9 Å². The lowest BCUT2D eigenvalue weighted by Gasteiger charge is -2.26. The first kappa shape index (κ1) is 15.4. The molecule has 4 heterocycles. The van der Waals surface area contributed by atoms with Crippen LogP contribution in [0.15, 0.2) is 28.9 Å². The number of carbonyl (C=O) groups is 1. The number of aryl methyl sites for hydroxylation is 1. The van der Waals surface area contributed by atoms with Crippen molar-refractivity contribution in [2.45, 2.75) is 39.4 Å². The summed E-state index contributed by atoms with van der Waals surface area (Å²) in [7, 11) is 0. The highest BCUT2D eigenvalue weighted by molar-refractivity contribution is 5.78. The van der Waals surface area contributed by atoms with Crippen molar-refractivity contribution in [3.63, 3.8) is 0 Å². The van der Waals surface area contributed by atoms with E-state index in [0.717, 1.165) is 63.0 Å². The summed E-state index contributed by atoms with van der Waals surface area (Å²) in [5.74, 6) is 3.74. The van der Waals surface area contributed by atoms with Crippen LogP contribution in [0.25, 0.3) is 0 Å². The molecule has 2 aliphatic heterocycles. The Labute approximate surface area is 142 Å². The third kappa shape index (κ3) is 3.24. The molecule has 24 heavy (non-hydrogen) atoms. The zero-order valence-electron chi connectivity index (χ0n) is 14.1. The normalized spacial score (nSPS) is 22.0. The van der Waals surface area contributed by atoms with E-state index < -0.39 is 0 Å². The zero-order chi connectivity index (χ0) is 16.5. The molecule has 0 unspecified atom stereocenters. The van der Waals surface area contributed by atoms with E-state index >= 15 is 0 Å². The van der Waals surface area contributed by atoms with E-state index in [0.29, 0.717) is 18.2 Å². The number of rotatable bonds is 4. The SMILES string of the molecule is Cc1ccc(CN2Cc3nccn3C[C@@H](CN3CCCC3=O)C2)o1. The summed E-state index contributed by atoms with van der Waals surface area (Å²) in [4.78, 5) is 20.9. The van der Waals surface area contributed by atoms with Gasteiger partial charge in [-0.3, -0.25) is 9.69 Å². The van der Waals surface area contributed by atoms with Crippen molar-refractivity contribution in [1.29, 1.82) is 0 Å². The summed E-state index contributed by atoms with van der Waals surface area (Å²) in [5, 5.41) is 0. The van der Waals surface area contributed by atoms with Crippen LogP contribution in [0.3, 0.4) is 0 Å². The molecule has 2 aliphatic rings. The molecule has 0 bridgehead atoms. The molecule has 2 aromatic rings. The van der Waals surface area contributed by atoms with Crippen molar-refractivity contribution < 1.29 is 9.21 Å². The topological polar surface area (TPSA) is 54.5 Å². The van der Waals surface area contributed by atoms with E-state index in [2.05, 4.69) is 20.6 Å². The minimum Gasteiger partial charge on any atom is -0.465 e. The molecule has 128 valence electrons. The van der Waals surface area contributed by atoms with Crippen LogP contribution in [0.1, 0.15) is 30.2 Å². The number of aromatic nitrogens is 2. The number of carbonyl (C=O) groups excluding carboxylic acids is 1. The Hall–Kier alpha value is -2.08. The third-order valence-electron chi connectivity index (χ3n) is 4.96. The fourth-order valence-corrected chi connectivity index (χ4v) is 3.86. The number of hydrogen-bond acceptors (Lipinski definition) is 4. The molecular weight excluding hydrogens is 304 g/mol. The third-order valence-corrected chi connectivity index (χ3v) is 4.96. The Bertz CT molecular complexity index is 720. The summed E-state index contributed by atoms with van der Waals surface area (Å²) >= 11 is 0. The lowest BCUT2D eigenvalue weighted by molar-refractivity contribution is -0.128. The second-order valence-electron chi connectivity index (χ2n) is 6.99. The fraction of sp³-hybridized carbons (Fsp3) is 0.556.